The number of hydrogen-bond donors (Lipinski definition) is 0. The van der Waals surface area contributed by atoms with Crippen molar-refractivity contribution in [2.45, 2.75) is 37.3 Å². The Kier molecular flexibility index (Phi) is 6.95. The number of benzene rings is 1. The number of hydrogen-bond acceptors (Lipinski definition) is 2. The van der Waals surface area contributed by atoms with Crippen molar-refractivity contribution in [2.24, 2.45) is 0 Å². The summed E-state index contributed by atoms with van der Waals surface area (Å²) in [6, 6.07) is 2.20. The van der Waals surface area contributed by atoms with Crippen LogP contribution in [0.2, 0.25) is 5.02 Å². The molecule has 1 rings (SSSR count). The van der Waals surface area contributed by atoms with Crippen LogP contribution in [-0.2, 0) is 0 Å². The molecule has 0 aromatic heterocycles. The summed E-state index contributed by atoms with van der Waals surface area (Å²) < 4.78 is 55.3. The van der Waals surface area contributed by atoms with Gasteiger partial charge in [0.15, 0.2) is 11.6 Å². The summed E-state index contributed by atoms with van der Waals surface area (Å²) in [4.78, 5) is 0.163. The molecule has 0 aliphatic rings. The highest BCUT2D eigenvalue weighted by Crippen LogP contribution is 2.36. The van der Waals surface area contributed by atoms with Gasteiger partial charge in [-0.25, -0.2) is 4.39 Å². The van der Waals surface area contributed by atoms with E-state index in [2.05, 4.69) is 0 Å². The van der Waals surface area contributed by atoms with Crippen molar-refractivity contribution in [1.82, 2.24) is 0 Å². The summed E-state index contributed by atoms with van der Waals surface area (Å²) in [5.74, 6) is -1.80. The Morgan fingerprint density at radius 2 is 1.95 bits per heavy atom. The molecule has 0 radical (unpaired) electrons. The summed E-state index contributed by atoms with van der Waals surface area (Å²) in [7, 11) is 0. The molecule has 1 aromatic rings. The molecule has 0 aliphatic heterocycles. The first-order chi connectivity index (χ1) is 9.33. The molecule has 0 aliphatic carbocycles. The molecule has 1 aromatic carbocycles. The van der Waals surface area contributed by atoms with Gasteiger partial charge in [-0.3, -0.25) is 0 Å². The molecule has 0 spiro atoms. The molecule has 0 heterocycles. The van der Waals surface area contributed by atoms with E-state index in [4.69, 9.17) is 16.3 Å². The van der Waals surface area contributed by atoms with Crippen LogP contribution in [0.1, 0.15) is 26.2 Å². The Bertz CT molecular complexity index is 437. The molecule has 0 saturated carbocycles. The minimum atomic E-state index is -4.30. The molecule has 0 bridgehead atoms. The van der Waals surface area contributed by atoms with E-state index in [1.165, 1.54) is 6.07 Å². The highest BCUT2D eigenvalue weighted by molar-refractivity contribution is 7.99. The van der Waals surface area contributed by atoms with E-state index < -0.39 is 17.7 Å². The maximum absolute atomic E-state index is 13.6. The minimum Gasteiger partial charge on any atom is -0.490 e. The van der Waals surface area contributed by atoms with Gasteiger partial charge in [0, 0.05) is 4.90 Å². The SMILES string of the molecule is CCCCCOc1cc(SCC(F)(F)F)c(Cl)cc1F. The normalized spacial score (nSPS) is 11.7. The van der Waals surface area contributed by atoms with Crippen molar-refractivity contribution >= 4 is 23.4 Å². The lowest BCUT2D eigenvalue weighted by molar-refractivity contribution is -0.105. The quantitative estimate of drug-likeness (QED) is 0.360. The van der Waals surface area contributed by atoms with Crippen molar-refractivity contribution in [3.63, 3.8) is 0 Å². The van der Waals surface area contributed by atoms with Crippen molar-refractivity contribution in [3.8, 4) is 5.75 Å². The van der Waals surface area contributed by atoms with Crippen LogP contribution >= 0.6 is 23.4 Å². The Morgan fingerprint density at radius 1 is 1.25 bits per heavy atom. The first kappa shape index (κ1) is 17.4. The molecule has 7 heteroatoms. The smallest absolute Gasteiger partial charge is 0.398 e. The lowest BCUT2D eigenvalue weighted by Crippen LogP contribution is -2.10. The van der Waals surface area contributed by atoms with E-state index >= 15 is 0 Å². The van der Waals surface area contributed by atoms with Gasteiger partial charge in [-0.2, -0.15) is 13.2 Å². The van der Waals surface area contributed by atoms with E-state index in [1.807, 2.05) is 6.92 Å². The molecule has 0 amide bonds. The second-order valence-corrected chi connectivity index (χ2v) is 5.60. The molecular weight excluding hydrogens is 316 g/mol. The van der Waals surface area contributed by atoms with Gasteiger partial charge in [0.25, 0.3) is 0 Å². The van der Waals surface area contributed by atoms with E-state index in [1.54, 1.807) is 0 Å². The maximum atomic E-state index is 13.6. The highest BCUT2D eigenvalue weighted by atomic mass is 35.5. The predicted octanol–water partition coefficient (Wildman–Crippen LogP) is 5.70. The molecule has 1 nitrogen and oxygen atoms in total. The first-order valence-electron chi connectivity index (χ1n) is 6.15. The summed E-state index contributed by atoms with van der Waals surface area (Å²) in [5, 5.41) is -0.0438. The van der Waals surface area contributed by atoms with Gasteiger partial charge < -0.3 is 4.74 Å². The number of alkyl halides is 3. The lowest BCUT2D eigenvalue weighted by atomic mass is 10.3. The molecule has 20 heavy (non-hydrogen) atoms. The Labute approximate surface area is 124 Å². The molecule has 0 atom stereocenters. The van der Waals surface area contributed by atoms with Crippen LogP contribution in [0.5, 0.6) is 5.75 Å². The van der Waals surface area contributed by atoms with Crippen LogP contribution in [0.3, 0.4) is 0 Å². The maximum Gasteiger partial charge on any atom is 0.398 e. The fourth-order valence-corrected chi connectivity index (χ4v) is 2.45. The van der Waals surface area contributed by atoms with E-state index in [0.29, 0.717) is 18.4 Å². The van der Waals surface area contributed by atoms with Crippen LogP contribution in [0.4, 0.5) is 17.6 Å². The Hall–Kier alpha value is -0.620. The third kappa shape index (κ3) is 6.22. The summed E-state index contributed by atoms with van der Waals surface area (Å²) in [6.07, 6.45) is -1.59. The van der Waals surface area contributed by atoms with Gasteiger partial charge in [-0.15, -0.1) is 11.8 Å². The zero-order valence-corrected chi connectivity index (χ0v) is 12.5. The summed E-state index contributed by atoms with van der Waals surface area (Å²) >= 11 is 6.25. The van der Waals surface area contributed by atoms with E-state index in [0.717, 1.165) is 25.3 Å². The van der Waals surface area contributed by atoms with Gasteiger partial charge in [0.2, 0.25) is 0 Å². The average molecular weight is 331 g/mol. The molecular formula is C13H15ClF4OS. The average Bonchev–Trinajstić information content (AvgIpc) is 2.34. The summed E-state index contributed by atoms with van der Waals surface area (Å²) in [5.41, 5.74) is 0. The van der Waals surface area contributed by atoms with Gasteiger partial charge in [-0.1, -0.05) is 31.4 Å². The van der Waals surface area contributed by atoms with Gasteiger partial charge in [0.05, 0.1) is 17.4 Å². The van der Waals surface area contributed by atoms with Gasteiger partial charge in [0.1, 0.15) is 0 Å². The van der Waals surface area contributed by atoms with Crippen LogP contribution in [-0.4, -0.2) is 18.5 Å². The fraction of sp³-hybridized carbons (Fsp3) is 0.538. The van der Waals surface area contributed by atoms with Gasteiger partial charge >= 0.3 is 6.18 Å². The third-order valence-corrected chi connectivity index (χ3v) is 3.93. The van der Waals surface area contributed by atoms with Gasteiger partial charge in [-0.05, 0) is 18.6 Å². The standard InChI is InChI=1S/C13H15ClF4OS/c1-2-3-4-5-19-11-7-12(9(14)6-10(11)15)20-8-13(16,17)18/h6-7H,2-5,8H2,1H3. The van der Waals surface area contributed by atoms with Crippen molar-refractivity contribution < 1.29 is 22.3 Å². The number of rotatable bonds is 7. The summed E-state index contributed by atoms with van der Waals surface area (Å²) in [6.45, 7) is 2.35. The van der Waals surface area contributed by atoms with Crippen LogP contribution in [0, 0.1) is 5.82 Å². The molecule has 0 fully saturated rings. The number of ether oxygens (including phenoxy) is 1. The third-order valence-electron chi connectivity index (χ3n) is 2.38. The largest absolute Gasteiger partial charge is 0.490 e. The number of halogens is 5. The zero-order valence-electron chi connectivity index (χ0n) is 10.9. The van der Waals surface area contributed by atoms with E-state index in [9.17, 15) is 17.6 Å². The minimum absolute atomic E-state index is 0.0438. The second-order valence-electron chi connectivity index (χ2n) is 4.17. The van der Waals surface area contributed by atoms with Crippen molar-refractivity contribution in [1.29, 1.82) is 0 Å². The monoisotopic (exact) mass is 330 g/mol. The molecule has 0 N–H and O–H groups in total. The molecule has 0 saturated heterocycles. The molecule has 0 unspecified atom stereocenters. The zero-order chi connectivity index (χ0) is 15.2. The lowest BCUT2D eigenvalue weighted by Gasteiger charge is -2.11. The van der Waals surface area contributed by atoms with Crippen molar-refractivity contribution in [2.75, 3.05) is 12.4 Å². The number of thioether (sulfide) groups is 1. The predicted molar refractivity (Wildman–Crippen MR) is 73.2 cm³/mol. The Balaban J connectivity index is 2.70. The number of unbranched alkanes of at least 4 members (excludes halogenated alkanes) is 2. The second kappa shape index (κ2) is 7.98. The van der Waals surface area contributed by atoms with Crippen LogP contribution in [0.25, 0.3) is 0 Å². The molecule has 114 valence electrons. The first-order valence-corrected chi connectivity index (χ1v) is 7.51. The Morgan fingerprint density at radius 3 is 2.55 bits per heavy atom. The van der Waals surface area contributed by atoms with E-state index in [-0.39, 0.29) is 15.7 Å². The highest BCUT2D eigenvalue weighted by Gasteiger charge is 2.28. The van der Waals surface area contributed by atoms with Crippen molar-refractivity contribution in [3.05, 3.63) is 23.0 Å². The van der Waals surface area contributed by atoms with Crippen LogP contribution < -0.4 is 4.74 Å². The topological polar surface area (TPSA) is 9.23 Å². The van der Waals surface area contributed by atoms with Crippen LogP contribution in [0.15, 0.2) is 17.0 Å². The fourth-order valence-electron chi connectivity index (χ4n) is 1.43.